The Balaban J connectivity index is 1.88. The van der Waals surface area contributed by atoms with E-state index in [0.717, 1.165) is 23.6 Å². The molecule has 0 saturated carbocycles. The third-order valence-electron chi connectivity index (χ3n) is 2.79. The molecule has 0 atom stereocenters. The average Bonchev–Trinajstić information content (AvgIpc) is 2.77. The smallest absolute Gasteiger partial charge is 0.0965 e. The first-order valence-corrected chi connectivity index (χ1v) is 6.50. The van der Waals surface area contributed by atoms with E-state index in [-0.39, 0.29) is 5.54 Å². The van der Waals surface area contributed by atoms with Gasteiger partial charge >= 0.3 is 0 Å². The summed E-state index contributed by atoms with van der Waals surface area (Å²) < 4.78 is 1.88. The Labute approximate surface area is 114 Å². The lowest BCUT2D eigenvalue weighted by Gasteiger charge is -2.17. The fourth-order valence-corrected chi connectivity index (χ4v) is 1.72. The molecule has 2 rings (SSSR count). The fourth-order valence-electron chi connectivity index (χ4n) is 1.72. The van der Waals surface area contributed by atoms with Crippen molar-refractivity contribution in [3.8, 4) is 0 Å². The molecular weight excluding hydrogens is 238 g/mol. The molecule has 5 heteroatoms. The number of hydrogen-bond donors (Lipinski definition) is 1. The van der Waals surface area contributed by atoms with Crippen LogP contribution in [0, 0.1) is 6.92 Å². The van der Waals surface area contributed by atoms with Crippen LogP contribution in [0.3, 0.4) is 0 Å². The van der Waals surface area contributed by atoms with Crippen LogP contribution in [0.15, 0.2) is 24.4 Å². The number of pyridine rings is 1. The van der Waals surface area contributed by atoms with Gasteiger partial charge < -0.3 is 5.32 Å². The molecule has 0 aliphatic heterocycles. The summed E-state index contributed by atoms with van der Waals surface area (Å²) in [6, 6.07) is 6.04. The highest BCUT2D eigenvalue weighted by Crippen LogP contribution is 2.11. The molecular formula is C14H21N5. The van der Waals surface area contributed by atoms with Gasteiger partial charge in [-0.25, -0.2) is 4.68 Å². The van der Waals surface area contributed by atoms with Gasteiger partial charge in [-0.1, -0.05) is 11.3 Å². The van der Waals surface area contributed by atoms with Crippen LogP contribution in [0.25, 0.3) is 0 Å². The van der Waals surface area contributed by atoms with Crippen LogP contribution >= 0.6 is 0 Å². The van der Waals surface area contributed by atoms with E-state index in [0.29, 0.717) is 6.54 Å². The Hall–Kier alpha value is -1.75. The van der Waals surface area contributed by atoms with Crippen molar-refractivity contribution in [2.45, 2.75) is 46.3 Å². The number of nitrogens with zero attached hydrogens (tertiary/aromatic N) is 4. The average molecular weight is 259 g/mol. The molecule has 2 aromatic rings. The van der Waals surface area contributed by atoms with Crippen LogP contribution in [0.1, 0.15) is 37.9 Å². The van der Waals surface area contributed by atoms with E-state index in [1.165, 1.54) is 0 Å². The maximum absolute atomic E-state index is 4.45. The summed E-state index contributed by atoms with van der Waals surface area (Å²) in [6.45, 7) is 9.76. The van der Waals surface area contributed by atoms with E-state index in [9.17, 15) is 0 Å². The third-order valence-corrected chi connectivity index (χ3v) is 2.79. The molecule has 0 fully saturated rings. The van der Waals surface area contributed by atoms with Crippen LogP contribution in [-0.4, -0.2) is 20.0 Å². The SMILES string of the molecule is Cc1cccc(CNCc2cn(C(C)(C)C)nn2)n1. The molecule has 0 aliphatic rings. The van der Waals surface area contributed by atoms with E-state index < -0.39 is 0 Å². The van der Waals surface area contributed by atoms with Crippen molar-refractivity contribution < 1.29 is 0 Å². The molecule has 0 unspecified atom stereocenters. The highest BCUT2D eigenvalue weighted by molar-refractivity contribution is 5.09. The van der Waals surface area contributed by atoms with Crippen molar-refractivity contribution in [3.63, 3.8) is 0 Å². The van der Waals surface area contributed by atoms with Crippen LogP contribution in [0.4, 0.5) is 0 Å². The maximum atomic E-state index is 4.45. The van der Waals surface area contributed by atoms with Crippen molar-refractivity contribution in [2.75, 3.05) is 0 Å². The quantitative estimate of drug-likeness (QED) is 0.912. The first-order valence-electron chi connectivity index (χ1n) is 6.50. The molecule has 102 valence electrons. The second-order valence-electron chi connectivity index (χ2n) is 5.70. The van der Waals surface area contributed by atoms with Crippen LogP contribution in [-0.2, 0) is 18.6 Å². The zero-order valence-corrected chi connectivity index (χ0v) is 12.0. The summed E-state index contributed by atoms with van der Waals surface area (Å²) in [5.41, 5.74) is 3.01. The minimum absolute atomic E-state index is 0.0245. The molecule has 0 radical (unpaired) electrons. The molecule has 2 heterocycles. The molecule has 2 aromatic heterocycles. The largest absolute Gasteiger partial charge is 0.305 e. The molecule has 0 aliphatic carbocycles. The van der Waals surface area contributed by atoms with E-state index in [1.807, 2.05) is 36.0 Å². The number of aryl methyl sites for hydroxylation is 1. The monoisotopic (exact) mass is 259 g/mol. The molecule has 1 N–H and O–H groups in total. The minimum atomic E-state index is -0.0245. The van der Waals surface area contributed by atoms with E-state index in [4.69, 9.17) is 0 Å². The standard InChI is InChI=1S/C14H21N5/c1-11-6-5-7-12(16-11)8-15-9-13-10-19(18-17-13)14(2,3)4/h5-7,10,15H,8-9H2,1-4H3. The lowest BCUT2D eigenvalue weighted by molar-refractivity contribution is 0.347. The van der Waals surface area contributed by atoms with E-state index in [1.54, 1.807) is 0 Å². The van der Waals surface area contributed by atoms with Gasteiger partial charge in [0.2, 0.25) is 0 Å². The van der Waals surface area contributed by atoms with Gasteiger partial charge in [-0.2, -0.15) is 0 Å². The summed E-state index contributed by atoms with van der Waals surface area (Å²) in [5.74, 6) is 0. The van der Waals surface area contributed by atoms with Gasteiger partial charge in [0.15, 0.2) is 0 Å². The molecule has 0 spiro atoms. The molecule has 0 bridgehead atoms. The molecule has 0 amide bonds. The molecule has 19 heavy (non-hydrogen) atoms. The normalized spacial score (nSPS) is 11.8. The summed E-state index contributed by atoms with van der Waals surface area (Å²) >= 11 is 0. The molecule has 0 saturated heterocycles. The van der Waals surface area contributed by atoms with Gasteiger partial charge in [0.1, 0.15) is 0 Å². The summed E-state index contributed by atoms with van der Waals surface area (Å²) in [4.78, 5) is 4.45. The lowest BCUT2D eigenvalue weighted by atomic mass is 10.1. The van der Waals surface area contributed by atoms with Gasteiger partial charge in [-0.05, 0) is 39.8 Å². The van der Waals surface area contributed by atoms with Gasteiger partial charge in [-0.3, -0.25) is 4.98 Å². The predicted molar refractivity (Wildman–Crippen MR) is 74.5 cm³/mol. The van der Waals surface area contributed by atoms with Crippen molar-refractivity contribution in [2.24, 2.45) is 0 Å². The number of aromatic nitrogens is 4. The van der Waals surface area contributed by atoms with Crippen LogP contribution in [0.5, 0.6) is 0 Å². The number of hydrogen-bond acceptors (Lipinski definition) is 4. The second kappa shape index (κ2) is 5.48. The van der Waals surface area contributed by atoms with Crippen molar-refractivity contribution in [1.29, 1.82) is 0 Å². The topological polar surface area (TPSA) is 55.6 Å². The molecule has 0 aromatic carbocycles. The van der Waals surface area contributed by atoms with E-state index >= 15 is 0 Å². The Morgan fingerprint density at radius 2 is 1.89 bits per heavy atom. The van der Waals surface area contributed by atoms with Crippen molar-refractivity contribution in [3.05, 3.63) is 41.5 Å². The molecule has 5 nitrogen and oxygen atoms in total. The highest BCUT2D eigenvalue weighted by Gasteiger charge is 2.14. The predicted octanol–water partition coefficient (Wildman–Crippen LogP) is 2.03. The van der Waals surface area contributed by atoms with Crippen molar-refractivity contribution >= 4 is 0 Å². The van der Waals surface area contributed by atoms with Crippen LogP contribution in [0.2, 0.25) is 0 Å². The van der Waals surface area contributed by atoms with Gasteiger partial charge in [-0.15, -0.1) is 5.10 Å². The first-order chi connectivity index (χ1) is 8.95. The zero-order chi connectivity index (χ0) is 13.9. The summed E-state index contributed by atoms with van der Waals surface area (Å²) in [5, 5.41) is 11.6. The van der Waals surface area contributed by atoms with Gasteiger partial charge in [0.25, 0.3) is 0 Å². The minimum Gasteiger partial charge on any atom is -0.305 e. The Morgan fingerprint density at radius 3 is 2.53 bits per heavy atom. The zero-order valence-electron chi connectivity index (χ0n) is 12.0. The fraction of sp³-hybridized carbons (Fsp3) is 0.500. The van der Waals surface area contributed by atoms with Gasteiger partial charge in [0.05, 0.1) is 23.1 Å². The van der Waals surface area contributed by atoms with Gasteiger partial charge in [0, 0.05) is 18.8 Å². The number of rotatable bonds is 4. The maximum Gasteiger partial charge on any atom is 0.0965 e. The summed E-state index contributed by atoms with van der Waals surface area (Å²) in [7, 11) is 0. The Morgan fingerprint density at radius 1 is 1.16 bits per heavy atom. The lowest BCUT2D eigenvalue weighted by Crippen LogP contribution is -2.22. The van der Waals surface area contributed by atoms with Crippen molar-refractivity contribution in [1.82, 2.24) is 25.3 Å². The summed E-state index contributed by atoms with van der Waals surface area (Å²) in [6.07, 6.45) is 1.98. The van der Waals surface area contributed by atoms with E-state index in [2.05, 4.69) is 41.4 Å². The second-order valence-corrected chi connectivity index (χ2v) is 5.70. The first kappa shape index (κ1) is 13.7. The highest BCUT2D eigenvalue weighted by atomic mass is 15.4. The number of nitrogens with one attached hydrogen (secondary N) is 1. The van der Waals surface area contributed by atoms with Crippen LogP contribution < -0.4 is 5.32 Å². The Kier molecular flexibility index (Phi) is 3.95. The third kappa shape index (κ3) is 3.86. The Bertz CT molecular complexity index is 539.